The summed E-state index contributed by atoms with van der Waals surface area (Å²) in [7, 11) is 0. The number of pyridine rings is 1. The Labute approximate surface area is 155 Å². The topological polar surface area (TPSA) is 75.7 Å². The number of imidazole rings is 1. The number of piperidine rings is 1. The lowest BCUT2D eigenvalue weighted by Gasteiger charge is -2.35. The zero-order valence-electron chi connectivity index (χ0n) is 14.8. The molecular weight excluding hydrogens is 338 g/mol. The first kappa shape index (κ1) is 19.7. The number of hydrogen-bond acceptors (Lipinski definition) is 4. The van der Waals surface area contributed by atoms with Gasteiger partial charge in [0, 0.05) is 37.8 Å². The van der Waals surface area contributed by atoms with Gasteiger partial charge in [0.1, 0.15) is 5.65 Å². The number of halogens is 1. The predicted octanol–water partition coefficient (Wildman–Crippen LogP) is 1.88. The Balaban J connectivity index is 0.00000225. The molecule has 138 valence electrons. The van der Waals surface area contributed by atoms with Crippen molar-refractivity contribution < 1.29 is 4.79 Å². The van der Waals surface area contributed by atoms with E-state index >= 15 is 0 Å². The highest BCUT2D eigenvalue weighted by molar-refractivity contribution is 5.85. The molecule has 2 aromatic rings. The fourth-order valence-corrected chi connectivity index (χ4v) is 3.55. The highest BCUT2D eigenvalue weighted by Gasteiger charge is 2.24. The molecule has 0 bridgehead atoms. The molecule has 1 aliphatic heterocycles. The lowest BCUT2D eigenvalue weighted by Crippen LogP contribution is -2.46. The van der Waals surface area contributed by atoms with Gasteiger partial charge in [-0.1, -0.05) is 12.5 Å². The Morgan fingerprint density at radius 1 is 1.40 bits per heavy atom. The number of nitrogens with one attached hydrogen (secondary N) is 1. The fraction of sp³-hybridized carbons (Fsp3) is 0.556. The average molecular weight is 366 g/mol. The molecule has 7 heteroatoms. The number of hydrogen-bond donors (Lipinski definition) is 2. The second-order valence-corrected chi connectivity index (χ2v) is 6.57. The van der Waals surface area contributed by atoms with E-state index in [4.69, 9.17) is 5.73 Å². The van der Waals surface area contributed by atoms with Crippen molar-refractivity contribution in [2.75, 3.05) is 19.6 Å². The van der Waals surface area contributed by atoms with Crippen LogP contribution in [0.5, 0.6) is 0 Å². The summed E-state index contributed by atoms with van der Waals surface area (Å²) in [6.07, 6.45) is 5.93. The fourth-order valence-electron chi connectivity index (χ4n) is 3.55. The van der Waals surface area contributed by atoms with Crippen molar-refractivity contribution >= 4 is 24.0 Å². The summed E-state index contributed by atoms with van der Waals surface area (Å²) in [5, 5.41) is 3.03. The van der Waals surface area contributed by atoms with E-state index in [0.717, 1.165) is 25.2 Å². The lowest BCUT2D eigenvalue weighted by atomic mass is 10.0. The Bertz CT molecular complexity index is 702. The third-order valence-corrected chi connectivity index (χ3v) is 4.82. The number of rotatable bonds is 6. The van der Waals surface area contributed by atoms with E-state index in [1.165, 1.54) is 24.2 Å². The third-order valence-electron chi connectivity index (χ3n) is 4.82. The number of aryl methyl sites for hydroxylation is 1. The number of amides is 1. The minimum atomic E-state index is 0. The number of fused-ring (bicyclic) bond motifs is 1. The van der Waals surface area contributed by atoms with Crippen LogP contribution in [0, 0.1) is 6.92 Å². The summed E-state index contributed by atoms with van der Waals surface area (Å²) in [6, 6.07) is 6.57. The quantitative estimate of drug-likeness (QED) is 0.819. The monoisotopic (exact) mass is 365 g/mol. The molecule has 3 rings (SSSR count). The Kier molecular flexibility index (Phi) is 7.23. The summed E-state index contributed by atoms with van der Waals surface area (Å²) < 4.78 is 2.22. The van der Waals surface area contributed by atoms with Gasteiger partial charge >= 0.3 is 0 Å². The molecule has 1 fully saturated rings. The van der Waals surface area contributed by atoms with E-state index in [-0.39, 0.29) is 18.3 Å². The normalized spacial score (nSPS) is 18.1. The number of nitrogens with zero attached hydrogens (tertiary/aromatic N) is 3. The first-order chi connectivity index (χ1) is 11.7. The summed E-state index contributed by atoms with van der Waals surface area (Å²) in [4.78, 5) is 18.7. The minimum Gasteiger partial charge on any atom is -0.354 e. The van der Waals surface area contributed by atoms with Crippen molar-refractivity contribution in [2.24, 2.45) is 5.73 Å². The highest BCUT2D eigenvalue weighted by atomic mass is 35.5. The summed E-state index contributed by atoms with van der Waals surface area (Å²) in [5.41, 5.74) is 8.85. The van der Waals surface area contributed by atoms with Gasteiger partial charge in [-0.25, -0.2) is 4.98 Å². The first-order valence-electron chi connectivity index (χ1n) is 8.82. The average Bonchev–Trinajstić information content (AvgIpc) is 2.99. The second kappa shape index (κ2) is 9.17. The van der Waals surface area contributed by atoms with E-state index in [2.05, 4.69) is 32.6 Å². The predicted molar refractivity (Wildman–Crippen MR) is 102 cm³/mol. The number of aromatic nitrogens is 2. The van der Waals surface area contributed by atoms with E-state index in [0.29, 0.717) is 25.6 Å². The maximum Gasteiger partial charge on any atom is 0.221 e. The van der Waals surface area contributed by atoms with Crippen molar-refractivity contribution in [3.63, 3.8) is 0 Å². The van der Waals surface area contributed by atoms with Crippen LogP contribution in [0.15, 0.2) is 24.4 Å². The Morgan fingerprint density at radius 3 is 3.04 bits per heavy atom. The maximum absolute atomic E-state index is 11.7. The standard InChI is InChI=1S/C18H27N5O.ClH/c1-14-5-4-7-17-20-12-16(23(14)17)13-22-10-3-2-6-15(22)11-21-18(24)8-9-19;/h4-5,7,12,15H,2-3,6,8-11,13,19H2,1H3,(H,21,24);1H. The molecule has 6 nitrogen and oxygen atoms in total. The number of carbonyl (C=O) groups excluding carboxylic acids is 1. The molecule has 0 saturated carbocycles. The van der Waals surface area contributed by atoms with Crippen molar-refractivity contribution in [3.8, 4) is 0 Å². The number of carbonyl (C=O) groups is 1. The molecule has 25 heavy (non-hydrogen) atoms. The SMILES string of the molecule is Cc1cccc2ncc(CN3CCCCC3CNC(=O)CCN)n12.Cl. The van der Waals surface area contributed by atoms with Gasteiger partial charge in [0.05, 0.1) is 11.9 Å². The minimum absolute atomic E-state index is 0. The van der Waals surface area contributed by atoms with Gasteiger partial charge in [-0.2, -0.15) is 0 Å². The van der Waals surface area contributed by atoms with Crippen LogP contribution in [0.4, 0.5) is 0 Å². The molecule has 3 heterocycles. The van der Waals surface area contributed by atoms with Crippen LogP contribution in [-0.2, 0) is 11.3 Å². The molecule has 0 radical (unpaired) electrons. The van der Waals surface area contributed by atoms with E-state index in [1.54, 1.807) is 0 Å². The van der Waals surface area contributed by atoms with Gasteiger partial charge < -0.3 is 15.5 Å². The van der Waals surface area contributed by atoms with E-state index < -0.39 is 0 Å². The van der Waals surface area contributed by atoms with Crippen molar-refractivity contribution in [1.82, 2.24) is 19.6 Å². The van der Waals surface area contributed by atoms with Crippen molar-refractivity contribution in [2.45, 2.75) is 45.2 Å². The molecule has 1 aliphatic rings. The molecule has 3 N–H and O–H groups in total. The van der Waals surface area contributed by atoms with Gasteiger partial charge in [-0.05, 0) is 38.4 Å². The molecule has 1 atom stereocenters. The second-order valence-electron chi connectivity index (χ2n) is 6.57. The van der Waals surface area contributed by atoms with Gasteiger partial charge in [0.25, 0.3) is 0 Å². The summed E-state index contributed by atoms with van der Waals surface area (Å²) >= 11 is 0. The largest absolute Gasteiger partial charge is 0.354 e. The Hall–Kier alpha value is -1.63. The summed E-state index contributed by atoms with van der Waals surface area (Å²) in [6.45, 7) is 5.15. The van der Waals surface area contributed by atoms with Crippen molar-refractivity contribution in [3.05, 3.63) is 35.8 Å². The van der Waals surface area contributed by atoms with Gasteiger partial charge in [-0.15, -0.1) is 12.4 Å². The molecular formula is C18H28ClN5O. The molecule has 1 amide bonds. The van der Waals surface area contributed by atoms with Gasteiger partial charge in [-0.3, -0.25) is 9.69 Å². The van der Waals surface area contributed by atoms with Crippen LogP contribution >= 0.6 is 12.4 Å². The number of likely N-dealkylation sites (tertiary alicyclic amines) is 1. The van der Waals surface area contributed by atoms with E-state index in [1.807, 2.05) is 18.3 Å². The zero-order chi connectivity index (χ0) is 16.9. The highest BCUT2D eigenvalue weighted by Crippen LogP contribution is 2.20. The smallest absolute Gasteiger partial charge is 0.221 e. The van der Waals surface area contributed by atoms with Crippen LogP contribution in [0.25, 0.3) is 5.65 Å². The molecule has 0 aromatic carbocycles. The zero-order valence-corrected chi connectivity index (χ0v) is 15.6. The third kappa shape index (κ3) is 4.71. The van der Waals surface area contributed by atoms with Gasteiger partial charge in [0.15, 0.2) is 0 Å². The molecule has 1 saturated heterocycles. The summed E-state index contributed by atoms with van der Waals surface area (Å²) in [5.74, 6) is 0.0497. The van der Waals surface area contributed by atoms with E-state index in [9.17, 15) is 4.79 Å². The molecule has 2 aromatic heterocycles. The van der Waals surface area contributed by atoms with Gasteiger partial charge in [0.2, 0.25) is 5.91 Å². The van der Waals surface area contributed by atoms with Crippen LogP contribution < -0.4 is 11.1 Å². The molecule has 0 aliphatic carbocycles. The van der Waals surface area contributed by atoms with Crippen LogP contribution in [0.1, 0.15) is 37.1 Å². The van der Waals surface area contributed by atoms with Crippen LogP contribution in [0.2, 0.25) is 0 Å². The van der Waals surface area contributed by atoms with Crippen LogP contribution in [0.3, 0.4) is 0 Å². The molecule has 0 spiro atoms. The van der Waals surface area contributed by atoms with Crippen LogP contribution in [-0.4, -0.2) is 45.9 Å². The Morgan fingerprint density at radius 2 is 2.24 bits per heavy atom. The lowest BCUT2D eigenvalue weighted by molar-refractivity contribution is -0.121. The maximum atomic E-state index is 11.7. The molecule has 1 unspecified atom stereocenters. The van der Waals surface area contributed by atoms with Crippen molar-refractivity contribution in [1.29, 1.82) is 0 Å². The first-order valence-corrected chi connectivity index (χ1v) is 8.82. The number of nitrogens with two attached hydrogens (primary N) is 1.